The van der Waals surface area contributed by atoms with Crippen LogP contribution in [-0.4, -0.2) is 24.4 Å². The molecule has 0 unspecified atom stereocenters. The number of hydrogen-bond acceptors (Lipinski definition) is 3. The minimum atomic E-state index is -4.39. The first-order valence-corrected chi connectivity index (χ1v) is 6.09. The molecule has 0 spiro atoms. The van der Waals surface area contributed by atoms with Crippen LogP contribution < -0.4 is 11.1 Å². The molecule has 0 bridgehead atoms. The smallest absolute Gasteiger partial charge is 0.398 e. The van der Waals surface area contributed by atoms with Gasteiger partial charge in [0.1, 0.15) is 6.54 Å². The molecular weight excluding hydrogens is 265 g/mol. The zero-order valence-corrected chi connectivity index (χ0v) is 10.5. The van der Waals surface area contributed by atoms with Gasteiger partial charge in [0.05, 0.1) is 5.75 Å². The quantitative estimate of drug-likeness (QED) is 0.656. The van der Waals surface area contributed by atoms with Gasteiger partial charge < -0.3 is 11.1 Å². The third-order valence-corrected chi connectivity index (χ3v) is 3.10. The minimum absolute atomic E-state index is 0.0939. The van der Waals surface area contributed by atoms with Gasteiger partial charge in [0.2, 0.25) is 5.91 Å². The Kier molecular flexibility index (Phi) is 4.89. The highest BCUT2D eigenvalue weighted by Gasteiger charge is 2.27. The Hall–Kier alpha value is -1.37. The molecule has 1 rings (SSSR count). The summed E-state index contributed by atoms with van der Waals surface area (Å²) >= 11 is 1.11. The lowest BCUT2D eigenvalue weighted by molar-refractivity contribution is -0.136. The number of benzene rings is 1. The van der Waals surface area contributed by atoms with Crippen molar-refractivity contribution in [3.05, 3.63) is 23.8 Å². The molecule has 3 nitrogen and oxygen atoms in total. The summed E-state index contributed by atoms with van der Waals surface area (Å²) in [5, 5.41) is 1.80. The number of rotatable bonds is 4. The van der Waals surface area contributed by atoms with Crippen molar-refractivity contribution in [3.8, 4) is 0 Å². The van der Waals surface area contributed by atoms with E-state index in [0.717, 1.165) is 17.3 Å². The van der Waals surface area contributed by atoms with Gasteiger partial charge in [-0.15, -0.1) is 11.8 Å². The fourth-order valence-corrected chi connectivity index (χ4v) is 1.97. The Bertz CT molecular complexity index is 435. The van der Waals surface area contributed by atoms with Gasteiger partial charge in [0.25, 0.3) is 0 Å². The number of nitrogens with two attached hydrogens (primary N) is 1. The number of carbonyl (C=O) groups is 1. The zero-order valence-electron chi connectivity index (χ0n) is 9.67. The van der Waals surface area contributed by atoms with Crippen LogP contribution in [0.4, 0.5) is 18.9 Å². The van der Waals surface area contributed by atoms with E-state index >= 15 is 0 Å². The maximum absolute atomic E-state index is 11.8. The summed E-state index contributed by atoms with van der Waals surface area (Å²) in [6, 6.07) is 5.31. The van der Waals surface area contributed by atoms with Crippen LogP contribution in [0.3, 0.4) is 0 Å². The molecule has 100 valence electrons. The van der Waals surface area contributed by atoms with Crippen LogP contribution >= 0.6 is 11.8 Å². The molecular formula is C11H13F3N2OS. The molecule has 1 amide bonds. The van der Waals surface area contributed by atoms with E-state index in [0.29, 0.717) is 10.6 Å². The van der Waals surface area contributed by atoms with E-state index in [4.69, 9.17) is 5.73 Å². The molecule has 0 atom stereocenters. The Labute approximate surface area is 107 Å². The van der Waals surface area contributed by atoms with Crippen LogP contribution in [0.25, 0.3) is 0 Å². The maximum atomic E-state index is 11.8. The largest absolute Gasteiger partial charge is 0.405 e. The van der Waals surface area contributed by atoms with Crippen LogP contribution in [0, 0.1) is 6.92 Å². The van der Waals surface area contributed by atoms with Gasteiger partial charge >= 0.3 is 6.18 Å². The molecule has 18 heavy (non-hydrogen) atoms. The normalized spacial score (nSPS) is 11.3. The number of nitrogen functional groups attached to an aromatic ring is 1. The summed E-state index contributed by atoms with van der Waals surface area (Å²) in [5.74, 6) is -0.763. The van der Waals surface area contributed by atoms with E-state index in [1.54, 1.807) is 17.4 Å². The molecule has 0 aliphatic heterocycles. The number of hydrogen-bond donors (Lipinski definition) is 2. The number of thioether (sulfide) groups is 1. The van der Waals surface area contributed by atoms with Crippen LogP contribution in [0.2, 0.25) is 0 Å². The molecule has 0 heterocycles. The summed E-state index contributed by atoms with van der Waals surface area (Å²) in [7, 11) is 0. The average molecular weight is 278 g/mol. The molecule has 0 radical (unpaired) electrons. The van der Waals surface area contributed by atoms with Gasteiger partial charge in [0.15, 0.2) is 0 Å². The SMILES string of the molecule is Cc1ccc(SCC(=O)NCC(F)(F)F)c(N)c1. The second-order valence-corrected chi connectivity index (χ2v) is 4.74. The number of amides is 1. The van der Waals surface area contributed by atoms with Crippen molar-refractivity contribution in [1.82, 2.24) is 5.32 Å². The number of nitrogens with one attached hydrogen (secondary N) is 1. The first-order chi connectivity index (χ1) is 8.28. The van der Waals surface area contributed by atoms with Crippen molar-refractivity contribution in [1.29, 1.82) is 0 Å². The molecule has 7 heteroatoms. The van der Waals surface area contributed by atoms with Crippen molar-refractivity contribution in [3.63, 3.8) is 0 Å². The van der Waals surface area contributed by atoms with Gasteiger partial charge in [-0.3, -0.25) is 4.79 Å². The first-order valence-electron chi connectivity index (χ1n) is 5.10. The fourth-order valence-electron chi connectivity index (χ4n) is 1.19. The number of alkyl halides is 3. The predicted octanol–water partition coefficient (Wildman–Crippen LogP) is 2.35. The summed E-state index contributed by atoms with van der Waals surface area (Å²) in [6.45, 7) is 0.566. The summed E-state index contributed by atoms with van der Waals surface area (Å²) < 4.78 is 35.5. The molecule has 0 saturated heterocycles. The van der Waals surface area contributed by atoms with Gasteiger partial charge in [-0.25, -0.2) is 0 Å². The Balaban J connectivity index is 2.43. The number of aryl methyl sites for hydroxylation is 1. The second-order valence-electron chi connectivity index (χ2n) is 3.72. The standard InChI is InChI=1S/C11H13F3N2OS/c1-7-2-3-9(8(15)4-7)18-5-10(17)16-6-11(12,13)14/h2-4H,5-6,15H2,1H3,(H,16,17). The van der Waals surface area contributed by atoms with E-state index in [-0.39, 0.29) is 5.75 Å². The summed E-state index contributed by atoms with van der Waals surface area (Å²) in [5.41, 5.74) is 7.22. The predicted molar refractivity (Wildman–Crippen MR) is 65.4 cm³/mol. The summed E-state index contributed by atoms with van der Waals surface area (Å²) in [6.07, 6.45) is -4.39. The van der Waals surface area contributed by atoms with Crippen LogP contribution in [0.15, 0.2) is 23.1 Å². The maximum Gasteiger partial charge on any atom is 0.405 e. The first kappa shape index (κ1) is 14.7. The number of carbonyl (C=O) groups excluding carboxylic acids is 1. The van der Waals surface area contributed by atoms with Crippen LogP contribution in [0.1, 0.15) is 5.56 Å². The number of halogens is 3. The molecule has 0 fully saturated rings. The lowest BCUT2D eigenvalue weighted by atomic mass is 10.2. The molecule has 3 N–H and O–H groups in total. The van der Waals surface area contributed by atoms with E-state index in [1.165, 1.54) is 0 Å². The van der Waals surface area contributed by atoms with Crippen molar-refractivity contribution in [2.75, 3.05) is 18.0 Å². The average Bonchev–Trinajstić information content (AvgIpc) is 2.24. The van der Waals surface area contributed by atoms with Gasteiger partial charge in [0, 0.05) is 10.6 Å². The van der Waals surface area contributed by atoms with Gasteiger partial charge in [-0.05, 0) is 24.6 Å². The van der Waals surface area contributed by atoms with Crippen molar-refractivity contribution < 1.29 is 18.0 Å². The molecule has 0 saturated carbocycles. The number of anilines is 1. The lowest BCUT2D eigenvalue weighted by Gasteiger charge is -2.09. The third-order valence-electron chi connectivity index (χ3n) is 2.01. The molecule has 1 aromatic carbocycles. The molecule has 0 aliphatic carbocycles. The van der Waals surface area contributed by atoms with E-state index < -0.39 is 18.6 Å². The molecule has 1 aromatic rings. The molecule has 0 aromatic heterocycles. The van der Waals surface area contributed by atoms with Gasteiger partial charge in [-0.1, -0.05) is 6.07 Å². The van der Waals surface area contributed by atoms with E-state index in [1.807, 2.05) is 13.0 Å². The third kappa shape index (κ3) is 5.31. The lowest BCUT2D eigenvalue weighted by Crippen LogP contribution is -2.34. The van der Waals surface area contributed by atoms with E-state index in [9.17, 15) is 18.0 Å². The Morgan fingerprint density at radius 3 is 2.67 bits per heavy atom. The van der Waals surface area contributed by atoms with Crippen molar-refractivity contribution in [2.45, 2.75) is 18.0 Å². The molecule has 0 aliphatic rings. The van der Waals surface area contributed by atoms with Crippen LogP contribution in [0.5, 0.6) is 0 Å². The topological polar surface area (TPSA) is 55.1 Å². The monoisotopic (exact) mass is 278 g/mol. The van der Waals surface area contributed by atoms with Crippen molar-refractivity contribution in [2.24, 2.45) is 0 Å². The van der Waals surface area contributed by atoms with E-state index in [2.05, 4.69) is 0 Å². The van der Waals surface area contributed by atoms with Gasteiger partial charge in [-0.2, -0.15) is 13.2 Å². The summed E-state index contributed by atoms with van der Waals surface area (Å²) in [4.78, 5) is 11.9. The zero-order chi connectivity index (χ0) is 13.8. The Morgan fingerprint density at radius 1 is 1.44 bits per heavy atom. The second kappa shape index (κ2) is 5.99. The highest BCUT2D eigenvalue weighted by Crippen LogP contribution is 2.25. The van der Waals surface area contributed by atoms with Crippen molar-refractivity contribution >= 4 is 23.4 Å². The Morgan fingerprint density at radius 2 is 2.11 bits per heavy atom. The highest BCUT2D eigenvalue weighted by atomic mass is 32.2. The fraction of sp³-hybridized carbons (Fsp3) is 0.364. The minimum Gasteiger partial charge on any atom is -0.398 e. The highest BCUT2D eigenvalue weighted by molar-refractivity contribution is 8.00. The van der Waals surface area contributed by atoms with Crippen LogP contribution in [-0.2, 0) is 4.79 Å².